The molecule has 1 fully saturated rings. The molecular formula is C12H12N2O3. The number of nitrogens with one attached hydrogen (secondary N) is 2. The molecule has 1 heterocycles. The number of hydrogen-bond acceptors (Lipinski definition) is 4. The summed E-state index contributed by atoms with van der Waals surface area (Å²) in [7, 11) is 0. The van der Waals surface area contributed by atoms with E-state index >= 15 is 0 Å². The Kier molecular flexibility index (Phi) is 2.91. The van der Waals surface area contributed by atoms with E-state index < -0.39 is 11.9 Å². The van der Waals surface area contributed by atoms with Crippen LogP contribution in [0.1, 0.15) is 18.4 Å². The molecule has 0 radical (unpaired) electrons. The zero-order chi connectivity index (χ0) is 12.4. The molecule has 2 N–H and O–H groups in total. The number of para-hydroxylation sites is 1. The summed E-state index contributed by atoms with van der Waals surface area (Å²) in [6.45, 7) is 1.58. The Morgan fingerprint density at radius 3 is 2.76 bits per heavy atom. The number of anilines is 1. The molecule has 1 amide bonds. The van der Waals surface area contributed by atoms with E-state index in [4.69, 9.17) is 10.1 Å². The minimum atomic E-state index is -0.590. The predicted octanol–water partition coefficient (Wildman–Crippen LogP) is 1.31. The van der Waals surface area contributed by atoms with Crippen LogP contribution in [0.2, 0.25) is 0 Å². The molecule has 5 heteroatoms. The van der Waals surface area contributed by atoms with Gasteiger partial charge in [-0.1, -0.05) is 18.2 Å². The number of cyclic esters (lactones) is 1. The fraction of sp³-hybridized carbons (Fsp3) is 0.250. The third-order valence-electron chi connectivity index (χ3n) is 2.60. The molecule has 1 aliphatic heterocycles. The van der Waals surface area contributed by atoms with Crippen LogP contribution >= 0.6 is 0 Å². The van der Waals surface area contributed by atoms with Gasteiger partial charge >= 0.3 is 5.97 Å². The van der Waals surface area contributed by atoms with Crippen molar-refractivity contribution in [3.8, 4) is 0 Å². The number of amides is 1. The Balaban J connectivity index is 2.35. The van der Waals surface area contributed by atoms with Crippen molar-refractivity contribution in [1.29, 1.82) is 5.41 Å². The SMILES string of the molecule is CC(=O)Nc1ccccc1C1COC(=O)C1=N. The molecule has 88 valence electrons. The van der Waals surface area contributed by atoms with Crippen molar-refractivity contribution >= 4 is 23.3 Å². The summed E-state index contributed by atoms with van der Waals surface area (Å²) in [5, 5.41) is 10.3. The zero-order valence-electron chi connectivity index (χ0n) is 9.32. The van der Waals surface area contributed by atoms with Crippen molar-refractivity contribution in [3.05, 3.63) is 29.8 Å². The van der Waals surface area contributed by atoms with Crippen LogP contribution in [0.15, 0.2) is 24.3 Å². The normalized spacial score (nSPS) is 19.0. The van der Waals surface area contributed by atoms with E-state index in [-0.39, 0.29) is 18.2 Å². The van der Waals surface area contributed by atoms with Crippen molar-refractivity contribution in [2.75, 3.05) is 11.9 Å². The van der Waals surface area contributed by atoms with E-state index in [1.807, 2.05) is 0 Å². The van der Waals surface area contributed by atoms with Crippen LogP contribution < -0.4 is 5.32 Å². The molecule has 1 saturated heterocycles. The Hall–Kier alpha value is -2.17. The first-order chi connectivity index (χ1) is 8.09. The van der Waals surface area contributed by atoms with Crippen molar-refractivity contribution in [2.45, 2.75) is 12.8 Å². The summed E-state index contributed by atoms with van der Waals surface area (Å²) in [5.41, 5.74) is 1.29. The number of carbonyl (C=O) groups excluding carboxylic acids is 2. The number of ether oxygens (including phenoxy) is 1. The van der Waals surface area contributed by atoms with Gasteiger partial charge in [0.1, 0.15) is 12.3 Å². The molecular weight excluding hydrogens is 220 g/mol. The second-order valence-corrected chi connectivity index (χ2v) is 3.83. The molecule has 1 unspecified atom stereocenters. The standard InChI is InChI=1S/C12H12N2O3/c1-7(15)14-10-5-3-2-4-8(10)9-6-17-12(16)11(9)13/h2-5,9,13H,6H2,1H3,(H,14,15). The lowest BCUT2D eigenvalue weighted by Gasteiger charge is -2.13. The van der Waals surface area contributed by atoms with Crippen LogP contribution in [0.3, 0.4) is 0 Å². The van der Waals surface area contributed by atoms with Gasteiger partial charge in [-0.2, -0.15) is 0 Å². The van der Waals surface area contributed by atoms with Gasteiger partial charge < -0.3 is 10.1 Å². The quantitative estimate of drug-likeness (QED) is 0.754. The highest BCUT2D eigenvalue weighted by atomic mass is 16.5. The average molecular weight is 232 g/mol. The Bertz CT molecular complexity index is 496. The van der Waals surface area contributed by atoms with Crippen molar-refractivity contribution < 1.29 is 14.3 Å². The molecule has 0 aliphatic carbocycles. The maximum Gasteiger partial charge on any atom is 0.352 e. The number of carbonyl (C=O) groups is 2. The predicted molar refractivity (Wildman–Crippen MR) is 62.2 cm³/mol. The Labute approximate surface area is 98.3 Å². The molecule has 17 heavy (non-hydrogen) atoms. The maximum atomic E-state index is 11.2. The highest BCUT2D eigenvalue weighted by Gasteiger charge is 2.33. The number of hydrogen-bond donors (Lipinski definition) is 2. The van der Waals surface area contributed by atoms with Crippen molar-refractivity contribution in [1.82, 2.24) is 0 Å². The van der Waals surface area contributed by atoms with Crippen LogP contribution in [0.25, 0.3) is 0 Å². The highest BCUT2D eigenvalue weighted by Crippen LogP contribution is 2.29. The fourth-order valence-electron chi connectivity index (χ4n) is 1.81. The summed E-state index contributed by atoms with van der Waals surface area (Å²) in [6, 6.07) is 7.12. The average Bonchev–Trinajstić information content (AvgIpc) is 2.60. The molecule has 0 spiro atoms. The summed E-state index contributed by atoms with van der Waals surface area (Å²) >= 11 is 0. The molecule has 0 saturated carbocycles. The van der Waals surface area contributed by atoms with E-state index in [0.717, 1.165) is 5.56 Å². The molecule has 5 nitrogen and oxygen atoms in total. The summed E-state index contributed by atoms with van der Waals surface area (Å²) < 4.78 is 4.82. The first-order valence-corrected chi connectivity index (χ1v) is 5.21. The lowest BCUT2D eigenvalue weighted by atomic mass is 9.95. The summed E-state index contributed by atoms with van der Waals surface area (Å²) in [4.78, 5) is 22.2. The number of benzene rings is 1. The molecule has 0 bridgehead atoms. The number of esters is 1. The van der Waals surface area contributed by atoms with Gasteiger partial charge in [0.05, 0.1) is 5.92 Å². The smallest absolute Gasteiger partial charge is 0.352 e. The first kappa shape index (κ1) is 11.3. The van der Waals surface area contributed by atoms with E-state index in [1.165, 1.54) is 6.92 Å². The Morgan fingerprint density at radius 1 is 1.47 bits per heavy atom. The zero-order valence-corrected chi connectivity index (χ0v) is 9.32. The van der Waals surface area contributed by atoms with Gasteiger partial charge in [0.15, 0.2) is 0 Å². The Morgan fingerprint density at radius 2 is 2.18 bits per heavy atom. The summed E-state index contributed by atoms with van der Waals surface area (Å²) in [6.07, 6.45) is 0. The molecule has 1 aromatic rings. The van der Waals surface area contributed by atoms with E-state index in [9.17, 15) is 9.59 Å². The molecule has 0 aromatic heterocycles. The molecule has 1 aromatic carbocycles. The third kappa shape index (κ3) is 2.18. The van der Waals surface area contributed by atoms with Crippen LogP contribution in [-0.4, -0.2) is 24.2 Å². The van der Waals surface area contributed by atoms with Crippen molar-refractivity contribution in [2.24, 2.45) is 0 Å². The van der Waals surface area contributed by atoms with Crippen LogP contribution in [0.5, 0.6) is 0 Å². The van der Waals surface area contributed by atoms with Gasteiger partial charge in [-0.3, -0.25) is 10.2 Å². The highest BCUT2D eigenvalue weighted by molar-refractivity contribution is 6.39. The van der Waals surface area contributed by atoms with Gasteiger partial charge in [-0.25, -0.2) is 4.79 Å². The topological polar surface area (TPSA) is 79.2 Å². The van der Waals surface area contributed by atoms with Crippen LogP contribution in [0, 0.1) is 5.41 Å². The molecule has 1 aliphatic rings. The van der Waals surface area contributed by atoms with Gasteiger partial charge in [0.2, 0.25) is 5.91 Å². The van der Waals surface area contributed by atoms with E-state index in [2.05, 4.69) is 5.32 Å². The summed E-state index contributed by atoms with van der Waals surface area (Å²) in [5.74, 6) is -1.17. The van der Waals surface area contributed by atoms with Crippen LogP contribution in [-0.2, 0) is 14.3 Å². The van der Waals surface area contributed by atoms with Crippen molar-refractivity contribution in [3.63, 3.8) is 0 Å². The first-order valence-electron chi connectivity index (χ1n) is 5.21. The van der Waals surface area contributed by atoms with Gasteiger partial charge in [-0.05, 0) is 11.6 Å². The molecule has 2 rings (SSSR count). The maximum absolute atomic E-state index is 11.2. The fourth-order valence-corrected chi connectivity index (χ4v) is 1.81. The number of rotatable bonds is 2. The van der Waals surface area contributed by atoms with Gasteiger partial charge in [0.25, 0.3) is 0 Å². The lowest BCUT2D eigenvalue weighted by molar-refractivity contribution is -0.132. The minimum absolute atomic E-state index is 0.0668. The van der Waals surface area contributed by atoms with E-state index in [1.54, 1.807) is 24.3 Å². The molecule has 1 atom stereocenters. The van der Waals surface area contributed by atoms with Crippen LogP contribution in [0.4, 0.5) is 5.69 Å². The van der Waals surface area contributed by atoms with Gasteiger partial charge in [0, 0.05) is 12.6 Å². The lowest BCUT2D eigenvalue weighted by Crippen LogP contribution is -2.15. The third-order valence-corrected chi connectivity index (χ3v) is 2.60. The minimum Gasteiger partial charge on any atom is -0.460 e. The second kappa shape index (κ2) is 4.37. The largest absolute Gasteiger partial charge is 0.460 e. The monoisotopic (exact) mass is 232 g/mol. The van der Waals surface area contributed by atoms with E-state index in [0.29, 0.717) is 5.69 Å². The van der Waals surface area contributed by atoms with Gasteiger partial charge in [-0.15, -0.1) is 0 Å². The second-order valence-electron chi connectivity index (χ2n) is 3.83.